The number of halogens is 1. The zero-order valence-corrected chi connectivity index (χ0v) is 25.6. The first kappa shape index (κ1) is 32.9. The van der Waals surface area contributed by atoms with E-state index in [0.717, 1.165) is 12.8 Å². The Balaban J connectivity index is 0.00000648. The highest BCUT2D eigenvalue weighted by Crippen LogP contribution is 2.30. The fourth-order valence-electron chi connectivity index (χ4n) is 5.56. The minimum absolute atomic E-state index is 0. The van der Waals surface area contributed by atoms with Crippen LogP contribution in [-0.4, -0.2) is 24.5 Å². The number of unbranched alkanes of at least 4 members (excludes halogenated alkanes) is 14. The van der Waals surface area contributed by atoms with Crippen LogP contribution in [0.5, 0.6) is 0 Å². The highest BCUT2D eigenvalue weighted by molar-refractivity contribution is 8.93. The van der Waals surface area contributed by atoms with Gasteiger partial charge in [0.15, 0.2) is 0 Å². The van der Waals surface area contributed by atoms with Gasteiger partial charge in [-0.3, -0.25) is 0 Å². The maximum absolute atomic E-state index is 2.51. The predicted octanol–water partition coefficient (Wildman–Crippen LogP) is 10.6. The van der Waals surface area contributed by atoms with E-state index >= 15 is 0 Å². The quantitative estimate of drug-likeness (QED) is 0.138. The van der Waals surface area contributed by atoms with E-state index in [4.69, 9.17) is 0 Å². The van der Waals surface area contributed by atoms with Crippen LogP contribution in [0.1, 0.15) is 121 Å². The third-order valence-corrected chi connectivity index (χ3v) is 7.95. The van der Waals surface area contributed by atoms with Crippen molar-refractivity contribution in [2.45, 2.75) is 128 Å². The first-order chi connectivity index (χ1) is 17.2. The highest BCUT2D eigenvalue weighted by Gasteiger charge is 2.32. The Morgan fingerprint density at radius 3 is 1.17 bits per heavy atom. The highest BCUT2D eigenvalue weighted by atomic mass is 79.9. The van der Waals surface area contributed by atoms with E-state index in [0.29, 0.717) is 0 Å². The van der Waals surface area contributed by atoms with Crippen molar-refractivity contribution in [2.75, 3.05) is 14.1 Å². The molecular formula is C34H56BrN. The summed E-state index contributed by atoms with van der Waals surface area (Å²) in [5, 5.41) is 0. The summed E-state index contributed by atoms with van der Waals surface area (Å²) in [5.74, 6) is 0. The van der Waals surface area contributed by atoms with Gasteiger partial charge in [-0.05, 0) is 44.5 Å². The van der Waals surface area contributed by atoms with Crippen LogP contribution in [0.4, 0.5) is 0 Å². The Morgan fingerprint density at radius 1 is 0.500 bits per heavy atom. The van der Waals surface area contributed by atoms with Crippen molar-refractivity contribution in [3.63, 3.8) is 0 Å². The van der Waals surface area contributed by atoms with Crippen molar-refractivity contribution in [1.82, 2.24) is 4.90 Å². The Kier molecular flexibility index (Phi) is 19.1. The van der Waals surface area contributed by atoms with Gasteiger partial charge >= 0.3 is 0 Å². The molecule has 0 aliphatic rings. The van der Waals surface area contributed by atoms with Crippen molar-refractivity contribution in [3.8, 4) is 0 Å². The molecule has 0 saturated carbocycles. The lowest BCUT2D eigenvalue weighted by atomic mass is 9.79. The molecular weight excluding hydrogens is 502 g/mol. The third kappa shape index (κ3) is 14.0. The molecule has 2 heteroatoms. The smallest absolute Gasteiger partial charge is 0.0284 e. The number of nitrogens with zero attached hydrogens (tertiary/aromatic N) is 1. The maximum Gasteiger partial charge on any atom is 0.0284 e. The average Bonchev–Trinajstić information content (AvgIpc) is 2.87. The zero-order chi connectivity index (χ0) is 25.0. The lowest BCUT2D eigenvalue weighted by molar-refractivity contribution is 0.133. The van der Waals surface area contributed by atoms with Crippen LogP contribution in [0.25, 0.3) is 0 Å². The van der Waals surface area contributed by atoms with Gasteiger partial charge in [-0.25, -0.2) is 0 Å². The van der Waals surface area contributed by atoms with Crippen molar-refractivity contribution in [1.29, 1.82) is 0 Å². The fourth-order valence-corrected chi connectivity index (χ4v) is 5.56. The van der Waals surface area contributed by atoms with Gasteiger partial charge in [0.25, 0.3) is 0 Å². The van der Waals surface area contributed by atoms with Gasteiger partial charge in [0.05, 0.1) is 0 Å². The molecule has 1 nitrogen and oxygen atoms in total. The number of likely N-dealkylation sites (N-methyl/N-ethyl adjacent to an activating group) is 1. The van der Waals surface area contributed by atoms with Crippen LogP contribution in [0.3, 0.4) is 0 Å². The van der Waals surface area contributed by atoms with E-state index in [1.807, 2.05) is 0 Å². The third-order valence-electron chi connectivity index (χ3n) is 7.95. The van der Waals surface area contributed by atoms with E-state index in [1.165, 1.54) is 114 Å². The second kappa shape index (κ2) is 20.9. The summed E-state index contributed by atoms with van der Waals surface area (Å²) in [7, 11) is 4.58. The molecule has 0 N–H and O–H groups in total. The molecule has 0 aromatic heterocycles. The molecule has 0 aliphatic carbocycles. The van der Waals surface area contributed by atoms with E-state index in [9.17, 15) is 0 Å². The minimum atomic E-state index is 0. The second-order valence-corrected chi connectivity index (χ2v) is 11.1. The van der Waals surface area contributed by atoms with Crippen LogP contribution in [0.2, 0.25) is 0 Å². The number of rotatable bonds is 21. The van der Waals surface area contributed by atoms with E-state index in [2.05, 4.69) is 86.6 Å². The van der Waals surface area contributed by atoms with Crippen LogP contribution in [0, 0.1) is 0 Å². The molecule has 0 unspecified atom stereocenters. The van der Waals surface area contributed by atoms with E-state index in [-0.39, 0.29) is 22.5 Å². The second-order valence-electron chi connectivity index (χ2n) is 11.1. The van der Waals surface area contributed by atoms with Gasteiger partial charge in [0, 0.05) is 5.54 Å². The van der Waals surface area contributed by atoms with Gasteiger partial charge < -0.3 is 4.90 Å². The summed E-state index contributed by atoms with van der Waals surface area (Å²) in [6, 6.07) is 22.2. The molecule has 0 heterocycles. The van der Waals surface area contributed by atoms with Gasteiger partial charge in [-0.2, -0.15) is 0 Å². The van der Waals surface area contributed by atoms with Gasteiger partial charge in [0.2, 0.25) is 0 Å². The molecule has 0 bridgehead atoms. The van der Waals surface area contributed by atoms with Crippen LogP contribution in [0.15, 0.2) is 60.7 Å². The van der Waals surface area contributed by atoms with Gasteiger partial charge in [0.1, 0.15) is 0 Å². The molecule has 0 fully saturated rings. The summed E-state index contributed by atoms with van der Waals surface area (Å²) in [4.78, 5) is 2.51. The van der Waals surface area contributed by atoms with Crippen molar-refractivity contribution in [3.05, 3.63) is 71.8 Å². The summed E-state index contributed by atoms with van der Waals surface area (Å²) in [6.45, 7) is 2.30. The van der Waals surface area contributed by atoms with Gasteiger partial charge in [-0.1, -0.05) is 164 Å². The molecule has 0 amide bonds. The molecule has 2 aromatic carbocycles. The largest absolute Gasteiger partial charge is 0.303 e. The van der Waals surface area contributed by atoms with Crippen LogP contribution >= 0.6 is 17.0 Å². The summed E-state index contributed by atoms with van der Waals surface area (Å²) < 4.78 is 0. The standard InChI is InChI=1S/C34H55N.BrH/c1-4-5-6-7-8-9-10-11-12-13-14-15-16-17-24-29-34(35(2)3,30-32-25-20-18-21-26-32)31-33-27-22-19-23-28-33;/h18-23,25-28H,4-17,24,29-31H2,1-3H3;1H. The van der Waals surface area contributed by atoms with Crippen LogP contribution < -0.4 is 0 Å². The van der Waals surface area contributed by atoms with Crippen molar-refractivity contribution >= 4 is 17.0 Å². The average molecular weight is 559 g/mol. The lowest BCUT2D eigenvalue weighted by Gasteiger charge is -2.41. The minimum Gasteiger partial charge on any atom is -0.303 e. The van der Waals surface area contributed by atoms with Crippen molar-refractivity contribution < 1.29 is 0 Å². The fraction of sp³-hybridized carbons (Fsp3) is 0.647. The van der Waals surface area contributed by atoms with E-state index < -0.39 is 0 Å². The molecule has 0 atom stereocenters. The Hall–Kier alpha value is -1.12. The number of benzene rings is 2. The first-order valence-electron chi connectivity index (χ1n) is 14.9. The SMILES string of the molecule is Br.CCCCCCCCCCCCCCCCCC(Cc1ccccc1)(Cc1ccccc1)N(C)C. The topological polar surface area (TPSA) is 3.24 Å². The van der Waals surface area contributed by atoms with Gasteiger partial charge in [-0.15, -0.1) is 17.0 Å². The molecule has 0 spiro atoms. The Morgan fingerprint density at radius 2 is 0.833 bits per heavy atom. The Bertz CT molecular complexity index is 686. The summed E-state index contributed by atoms with van der Waals surface area (Å²) in [6.07, 6.45) is 24.9. The Labute approximate surface area is 235 Å². The first-order valence-corrected chi connectivity index (χ1v) is 14.9. The van der Waals surface area contributed by atoms with E-state index in [1.54, 1.807) is 0 Å². The number of hydrogen-bond donors (Lipinski definition) is 0. The summed E-state index contributed by atoms with van der Waals surface area (Å²) in [5.41, 5.74) is 3.09. The molecule has 0 saturated heterocycles. The lowest BCUT2D eigenvalue weighted by Crippen LogP contribution is -2.48. The molecule has 0 radical (unpaired) electrons. The molecule has 0 aliphatic heterocycles. The predicted molar refractivity (Wildman–Crippen MR) is 167 cm³/mol. The molecule has 204 valence electrons. The molecule has 36 heavy (non-hydrogen) atoms. The monoisotopic (exact) mass is 557 g/mol. The molecule has 2 rings (SSSR count). The normalized spacial score (nSPS) is 11.6. The maximum atomic E-state index is 2.51. The van der Waals surface area contributed by atoms with Crippen molar-refractivity contribution in [2.24, 2.45) is 0 Å². The molecule has 2 aromatic rings. The summed E-state index contributed by atoms with van der Waals surface area (Å²) >= 11 is 0. The van der Waals surface area contributed by atoms with Crippen LogP contribution in [-0.2, 0) is 12.8 Å². The number of hydrogen-bond acceptors (Lipinski definition) is 1. The zero-order valence-electron chi connectivity index (χ0n) is 23.9.